The predicted octanol–water partition coefficient (Wildman–Crippen LogP) is 7.17. The van der Waals surface area contributed by atoms with E-state index < -0.39 is 12.4 Å². The highest BCUT2D eigenvalue weighted by atomic mass is 19.3. The van der Waals surface area contributed by atoms with E-state index in [1.165, 1.54) is 15.6 Å². The van der Waals surface area contributed by atoms with E-state index in [2.05, 4.69) is 13.8 Å². The highest BCUT2D eigenvalue weighted by Crippen LogP contribution is 2.30. The van der Waals surface area contributed by atoms with Gasteiger partial charge in [0.15, 0.2) is 0 Å². The lowest BCUT2D eigenvalue weighted by atomic mass is 9.89. The standard InChI is InChI=1S/C30H36F2N2O3/c1-20(2)12-17-26-27(28(31)32)34(19-21-8-4-3-5-9-21)30(37)33(26)18-22-13-15-23(16-14-22)24-10-6-7-11-25(24)29(35)36/h6-7,10-11,13-16,20-21,28H,3-5,8-9,12,17-19H2,1-2H3,(H,35,36). The molecule has 198 valence electrons. The summed E-state index contributed by atoms with van der Waals surface area (Å²) < 4.78 is 31.7. The molecule has 0 aliphatic heterocycles. The Balaban J connectivity index is 1.69. The molecule has 7 heteroatoms. The van der Waals surface area contributed by atoms with Gasteiger partial charge in [0.1, 0.15) is 5.69 Å². The van der Waals surface area contributed by atoms with Crippen LogP contribution in [0.1, 0.15) is 86.1 Å². The number of hydrogen-bond acceptors (Lipinski definition) is 2. The molecule has 3 aromatic rings. The summed E-state index contributed by atoms with van der Waals surface area (Å²) in [5.74, 6) is -0.421. The number of alkyl halides is 2. The third kappa shape index (κ3) is 6.20. The molecular weight excluding hydrogens is 474 g/mol. The molecule has 0 unspecified atom stereocenters. The molecule has 0 bridgehead atoms. The van der Waals surface area contributed by atoms with Crippen molar-refractivity contribution < 1.29 is 18.7 Å². The van der Waals surface area contributed by atoms with Crippen LogP contribution in [0.15, 0.2) is 53.3 Å². The molecule has 37 heavy (non-hydrogen) atoms. The number of hydrogen-bond donors (Lipinski definition) is 1. The first-order valence-corrected chi connectivity index (χ1v) is 13.3. The number of aromatic nitrogens is 2. The number of nitrogens with zero attached hydrogens (tertiary/aromatic N) is 2. The Morgan fingerprint density at radius 2 is 1.68 bits per heavy atom. The van der Waals surface area contributed by atoms with Gasteiger partial charge in [0, 0.05) is 12.2 Å². The van der Waals surface area contributed by atoms with Crippen molar-refractivity contribution in [2.24, 2.45) is 11.8 Å². The Hall–Kier alpha value is -3.22. The molecule has 1 heterocycles. The molecule has 0 spiro atoms. The van der Waals surface area contributed by atoms with Crippen LogP contribution in [0, 0.1) is 11.8 Å². The number of benzene rings is 2. The maximum Gasteiger partial charge on any atom is 0.336 e. The van der Waals surface area contributed by atoms with Crippen LogP contribution in [0.3, 0.4) is 0 Å². The van der Waals surface area contributed by atoms with Gasteiger partial charge >= 0.3 is 11.7 Å². The van der Waals surface area contributed by atoms with E-state index in [0.29, 0.717) is 30.1 Å². The summed E-state index contributed by atoms with van der Waals surface area (Å²) in [6.07, 6.45) is 3.71. The molecule has 5 nitrogen and oxygen atoms in total. The quantitative estimate of drug-likeness (QED) is 0.314. The number of imidazole rings is 1. The second-order valence-electron chi connectivity index (χ2n) is 10.6. The number of halogens is 2. The second kappa shape index (κ2) is 11.9. The number of carboxylic acid groups (broad SMARTS) is 1. The molecule has 1 aromatic heterocycles. The lowest BCUT2D eigenvalue weighted by Crippen LogP contribution is -2.29. The van der Waals surface area contributed by atoms with E-state index in [0.717, 1.165) is 43.2 Å². The van der Waals surface area contributed by atoms with Gasteiger partial charge in [0.05, 0.1) is 12.1 Å². The highest BCUT2D eigenvalue weighted by molar-refractivity contribution is 5.95. The molecule has 1 fully saturated rings. The lowest BCUT2D eigenvalue weighted by molar-refractivity contribution is 0.0697. The fourth-order valence-electron chi connectivity index (χ4n) is 5.45. The molecule has 1 aliphatic rings. The van der Waals surface area contributed by atoms with Crippen molar-refractivity contribution in [2.45, 2.75) is 78.3 Å². The van der Waals surface area contributed by atoms with Crippen LogP contribution >= 0.6 is 0 Å². The van der Waals surface area contributed by atoms with Crippen LogP contribution in [0.25, 0.3) is 11.1 Å². The van der Waals surface area contributed by atoms with Crippen LogP contribution in [0.4, 0.5) is 8.78 Å². The number of carboxylic acids is 1. The maximum atomic E-state index is 14.4. The van der Waals surface area contributed by atoms with E-state index >= 15 is 0 Å². The molecular formula is C30H36F2N2O3. The minimum absolute atomic E-state index is 0.122. The van der Waals surface area contributed by atoms with Crippen LogP contribution in [-0.4, -0.2) is 20.2 Å². The van der Waals surface area contributed by atoms with E-state index in [1.54, 1.807) is 24.3 Å². The first-order valence-electron chi connectivity index (χ1n) is 13.3. The summed E-state index contributed by atoms with van der Waals surface area (Å²) >= 11 is 0. The van der Waals surface area contributed by atoms with Crippen LogP contribution in [0.5, 0.6) is 0 Å². The maximum absolute atomic E-state index is 14.4. The van der Waals surface area contributed by atoms with Crippen molar-refractivity contribution in [3.63, 3.8) is 0 Å². The Bertz CT molecular complexity index is 1270. The molecule has 2 aromatic carbocycles. The largest absolute Gasteiger partial charge is 0.478 e. The van der Waals surface area contributed by atoms with Gasteiger partial charge in [-0.25, -0.2) is 18.4 Å². The summed E-state index contributed by atoms with van der Waals surface area (Å²) in [4.78, 5) is 25.2. The molecule has 1 aliphatic carbocycles. The number of aromatic carboxylic acids is 1. The van der Waals surface area contributed by atoms with Crippen molar-refractivity contribution in [2.75, 3.05) is 0 Å². The molecule has 4 rings (SSSR count). The molecule has 0 amide bonds. The van der Waals surface area contributed by atoms with Gasteiger partial charge < -0.3 is 5.11 Å². The lowest BCUT2D eigenvalue weighted by Gasteiger charge is -2.22. The van der Waals surface area contributed by atoms with Crippen molar-refractivity contribution in [1.29, 1.82) is 0 Å². The van der Waals surface area contributed by atoms with Gasteiger partial charge in [-0.05, 0) is 60.3 Å². The van der Waals surface area contributed by atoms with Gasteiger partial charge in [-0.1, -0.05) is 75.6 Å². The second-order valence-corrected chi connectivity index (χ2v) is 10.6. The molecule has 0 saturated heterocycles. The Morgan fingerprint density at radius 1 is 1.00 bits per heavy atom. The number of rotatable bonds is 10. The van der Waals surface area contributed by atoms with Crippen molar-refractivity contribution >= 4 is 5.97 Å². The Kier molecular flexibility index (Phi) is 8.62. The summed E-state index contributed by atoms with van der Waals surface area (Å²) in [6, 6.07) is 14.1. The van der Waals surface area contributed by atoms with Gasteiger partial charge in [0.25, 0.3) is 6.43 Å². The highest BCUT2D eigenvalue weighted by Gasteiger charge is 2.28. The van der Waals surface area contributed by atoms with E-state index in [9.17, 15) is 23.5 Å². The van der Waals surface area contributed by atoms with Gasteiger partial charge in [-0.2, -0.15) is 0 Å². The topological polar surface area (TPSA) is 64.2 Å². The van der Waals surface area contributed by atoms with Gasteiger partial charge in [-0.3, -0.25) is 9.13 Å². The van der Waals surface area contributed by atoms with E-state index in [4.69, 9.17) is 0 Å². The predicted molar refractivity (Wildman–Crippen MR) is 141 cm³/mol. The SMILES string of the molecule is CC(C)CCc1c(C(F)F)n(CC2CCCCC2)c(=O)n1Cc1ccc(-c2ccccc2C(=O)O)cc1. The third-order valence-corrected chi connectivity index (χ3v) is 7.47. The average molecular weight is 511 g/mol. The zero-order valence-corrected chi connectivity index (χ0v) is 21.6. The zero-order chi connectivity index (χ0) is 26.5. The normalized spacial score (nSPS) is 14.5. The fraction of sp³-hybridized carbons (Fsp3) is 0.467. The third-order valence-electron chi connectivity index (χ3n) is 7.47. The summed E-state index contributed by atoms with van der Waals surface area (Å²) in [5, 5.41) is 9.52. The molecule has 0 radical (unpaired) electrons. The van der Waals surface area contributed by atoms with Gasteiger partial charge in [0.2, 0.25) is 0 Å². The van der Waals surface area contributed by atoms with E-state index in [-0.39, 0.29) is 29.4 Å². The monoisotopic (exact) mass is 510 g/mol. The molecule has 1 N–H and O–H groups in total. The number of carbonyl (C=O) groups is 1. The Labute approximate surface area is 216 Å². The summed E-state index contributed by atoms with van der Waals surface area (Å²) in [6.45, 7) is 4.66. The minimum atomic E-state index is -2.71. The van der Waals surface area contributed by atoms with Crippen LogP contribution in [-0.2, 0) is 19.5 Å². The average Bonchev–Trinajstić information content (AvgIpc) is 3.14. The van der Waals surface area contributed by atoms with Crippen molar-refractivity contribution in [1.82, 2.24) is 9.13 Å². The molecule has 0 atom stereocenters. The fourth-order valence-corrected chi connectivity index (χ4v) is 5.45. The van der Waals surface area contributed by atoms with Crippen molar-refractivity contribution in [3.05, 3.63) is 81.5 Å². The summed E-state index contributed by atoms with van der Waals surface area (Å²) in [7, 11) is 0. The zero-order valence-electron chi connectivity index (χ0n) is 21.6. The Morgan fingerprint density at radius 3 is 2.30 bits per heavy atom. The van der Waals surface area contributed by atoms with E-state index in [1.807, 2.05) is 24.3 Å². The first-order chi connectivity index (χ1) is 17.8. The van der Waals surface area contributed by atoms with Crippen LogP contribution < -0.4 is 5.69 Å². The van der Waals surface area contributed by atoms with Gasteiger partial charge in [-0.15, -0.1) is 0 Å². The van der Waals surface area contributed by atoms with Crippen LogP contribution in [0.2, 0.25) is 0 Å². The smallest absolute Gasteiger partial charge is 0.336 e. The first kappa shape index (κ1) is 26.8. The van der Waals surface area contributed by atoms with Crippen molar-refractivity contribution in [3.8, 4) is 11.1 Å². The minimum Gasteiger partial charge on any atom is -0.478 e. The molecule has 1 saturated carbocycles. The summed E-state index contributed by atoms with van der Waals surface area (Å²) in [5.41, 5.74) is 2.32.